The fourth-order valence-corrected chi connectivity index (χ4v) is 3.41. The molecular formula is C24H21N3O4. The van der Waals surface area contributed by atoms with Gasteiger partial charge in [0, 0.05) is 13.6 Å². The van der Waals surface area contributed by atoms with Gasteiger partial charge in [-0.3, -0.25) is 13.9 Å². The molecule has 2 N–H and O–H groups in total. The van der Waals surface area contributed by atoms with E-state index in [1.54, 1.807) is 43.4 Å². The predicted molar refractivity (Wildman–Crippen MR) is 118 cm³/mol. The smallest absolute Gasteiger partial charge is 0.343 e. The SMILES string of the molecule is Cn1c(=O)n(Cc2ccccc2)c(=O)c2cc(C(=O)Oc3ccc(CN)cc3)ccc21. The van der Waals surface area contributed by atoms with Crippen LogP contribution < -0.4 is 21.7 Å². The van der Waals surface area contributed by atoms with Gasteiger partial charge in [-0.2, -0.15) is 0 Å². The Kier molecular flexibility index (Phi) is 5.51. The maximum absolute atomic E-state index is 13.1. The largest absolute Gasteiger partial charge is 0.423 e. The second-order valence-electron chi connectivity index (χ2n) is 7.19. The Morgan fingerprint density at radius 2 is 1.65 bits per heavy atom. The molecule has 1 heterocycles. The number of carbonyl (C=O) groups is 1. The number of hydrogen-bond acceptors (Lipinski definition) is 5. The highest BCUT2D eigenvalue weighted by Gasteiger charge is 2.15. The maximum Gasteiger partial charge on any atom is 0.343 e. The lowest BCUT2D eigenvalue weighted by Gasteiger charge is -2.12. The zero-order valence-electron chi connectivity index (χ0n) is 16.9. The van der Waals surface area contributed by atoms with Crippen molar-refractivity contribution in [3.8, 4) is 5.75 Å². The first-order chi connectivity index (χ1) is 15.0. The molecule has 0 spiro atoms. The number of hydrogen-bond donors (Lipinski definition) is 1. The summed E-state index contributed by atoms with van der Waals surface area (Å²) in [5, 5.41) is 0.269. The maximum atomic E-state index is 13.1. The van der Waals surface area contributed by atoms with Crippen LogP contribution in [0.4, 0.5) is 0 Å². The molecule has 3 aromatic carbocycles. The first-order valence-corrected chi connectivity index (χ1v) is 9.76. The molecule has 0 aliphatic carbocycles. The molecule has 1 aromatic heterocycles. The minimum Gasteiger partial charge on any atom is -0.423 e. The third kappa shape index (κ3) is 4.04. The molecular weight excluding hydrogens is 394 g/mol. The monoisotopic (exact) mass is 415 g/mol. The molecule has 7 heteroatoms. The number of ether oxygens (including phenoxy) is 1. The van der Waals surface area contributed by atoms with Crippen molar-refractivity contribution in [2.45, 2.75) is 13.1 Å². The summed E-state index contributed by atoms with van der Waals surface area (Å²) in [7, 11) is 1.60. The van der Waals surface area contributed by atoms with E-state index in [2.05, 4.69) is 0 Å². The van der Waals surface area contributed by atoms with E-state index in [0.29, 0.717) is 17.8 Å². The zero-order valence-corrected chi connectivity index (χ0v) is 16.9. The predicted octanol–water partition coefficient (Wildman–Crippen LogP) is 2.43. The van der Waals surface area contributed by atoms with Crippen LogP contribution in [0.1, 0.15) is 21.5 Å². The van der Waals surface area contributed by atoms with Crippen molar-refractivity contribution in [3.05, 3.63) is 110 Å². The molecule has 156 valence electrons. The van der Waals surface area contributed by atoms with Crippen molar-refractivity contribution >= 4 is 16.9 Å². The number of carbonyl (C=O) groups excluding carboxylic acids is 1. The van der Waals surface area contributed by atoms with Gasteiger partial charge in [-0.05, 0) is 41.5 Å². The molecule has 0 amide bonds. The molecule has 0 aliphatic rings. The summed E-state index contributed by atoms with van der Waals surface area (Å²) in [6, 6.07) is 20.7. The van der Waals surface area contributed by atoms with E-state index in [0.717, 1.165) is 11.1 Å². The van der Waals surface area contributed by atoms with E-state index in [-0.39, 0.29) is 17.5 Å². The average molecular weight is 415 g/mol. The van der Waals surface area contributed by atoms with Gasteiger partial charge in [-0.15, -0.1) is 0 Å². The van der Waals surface area contributed by atoms with Crippen molar-refractivity contribution in [3.63, 3.8) is 0 Å². The second-order valence-corrected chi connectivity index (χ2v) is 7.19. The van der Waals surface area contributed by atoms with E-state index < -0.39 is 17.2 Å². The number of benzene rings is 3. The number of fused-ring (bicyclic) bond motifs is 1. The minimum atomic E-state index is -0.592. The van der Waals surface area contributed by atoms with Crippen LogP contribution in [-0.4, -0.2) is 15.1 Å². The summed E-state index contributed by atoms with van der Waals surface area (Å²) in [5.74, 6) is -0.213. The Bertz CT molecular complexity index is 1370. The van der Waals surface area contributed by atoms with Crippen LogP contribution >= 0.6 is 0 Å². The highest BCUT2D eigenvalue weighted by molar-refractivity contribution is 5.95. The normalized spacial score (nSPS) is 10.9. The summed E-state index contributed by atoms with van der Waals surface area (Å²) in [4.78, 5) is 38.5. The molecule has 0 saturated carbocycles. The Hall–Kier alpha value is -3.97. The van der Waals surface area contributed by atoms with Gasteiger partial charge in [0.2, 0.25) is 0 Å². The molecule has 4 aromatic rings. The van der Waals surface area contributed by atoms with Crippen molar-refractivity contribution in [2.75, 3.05) is 0 Å². The number of esters is 1. The van der Waals surface area contributed by atoms with Gasteiger partial charge in [0.25, 0.3) is 5.56 Å². The van der Waals surface area contributed by atoms with Gasteiger partial charge >= 0.3 is 11.7 Å². The van der Waals surface area contributed by atoms with Crippen molar-refractivity contribution < 1.29 is 9.53 Å². The van der Waals surface area contributed by atoms with Crippen LogP contribution in [0.3, 0.4) is 0 Å². The molecule has 0 fully saturated rings. The van der Waals surface area contributed by atoms with Crippen molar-refractivity contribution in [1.82, 2.24) is 9.13 Å². The van der Waals surface area contributed by atoms with E-state index in [9.17, 15) is 14.4 Å². The molecule has 0 saturated heterocycles. The quantitative estimate of drug-likeness (QED) is 0.399. The van der Waals surface area contributed by atoms with Crippen molar-refractivity contribution in [1.29, 1.82) is 0 Å². The third-order valence-electron chi connectivity index (χ3n) is 5.14. The number of nitrogens with zero attached hydrogens (tertiary/aromatic N) is 2. The highest BCUT2D eigenvalue weighted by Crippen LogP contribution is 2.16. The number of nitrogens with two attached hydrogens (primary N) is 1. The van der Waals surface area contributed by atoms with E-state index in [1.807, 2.05) is 30.3 Å². The molecule has 0 bridgehead atoms. The molecule has 4 rings (SSSR count). The van der Waals surface area contributed by atoms with E-state index in [4.69, 9.17) is 10.5 Å². The Morgan fingerprint density at radius 3 is 2.32 bits per heavy atom. The molecule has 0 aliphatic heterocycles. The lowest BCUT2D eigenvalue weighted by atomic mass is 10.1. The zero-order chi connectivity index (χ0) is 22.0. The molecule has 31 heavy (non-hydrogen) atoms. The third-order valence-corrected chi connectivity index (χ3v) is 5.14. The van der Waals surface area contributed by atoms with Crippen molar-refractivity contribution in [2.24, 2.45) is 12.8 Å². The number of aromatic nitrogens is 2. The van der Waals surface area contributed by atoms with Gasteiger partial charge in [0.15, 0.2) is 0 Å². The molecule has 0 unspecified atom stereocenters. The minimum absolute atomic E-state index is 0.143. The first kappa shape index (κ1) is 20.3. The summed E-state index contributed by atoms with van der Waals surface area (Å²) in [6.45, 7) is 0.539. The summed E-state index contributed by atoms with van der Waals surface area (Å²) in [5.41, 5.74) is 7.12. The van der Waals surface area contributed by atoms with E-state index >= 15 is 0 Å². The Balaban J connectivity index is 1.72. The van der Waals surface area contributed by atoms with Gasteiger partial charge in [0.1, 0.15) is 5.75 Å². The summed E-state index contributed by atoms with van der Waals surface area (Å²) < 4.78 is 7.98. The Morgan fingerprint density at radius 1 is 0.935 bits per heavy atom. The lowest BCUT2D eigenvalue weighted by molar-refractivity contribution is 0.0735. The van der Waals surface area contributed by atoms with Crippen LogP contribution in [0.2, 0.25) is 0 Å². The van der Waals surface area contributed by atoms with Crippen LogP contribution in [0.25, 0.3) is 10.9 Å². The fourth-order valence-electron chi connectivity index (χ4n) is 3.41. The van der Waals surface area contributed by atoms with Crippen LogP contribution in [0, 0.1) is 0 Å². The standard InChI is InChI=1S/C24H21N3O4/c1-26-21-12-9-18(23(29)31-19-10-7-16(14-25)8-11-19)13-20(21)22(28)27(24(26)30)15-17-5-3-2-4-6-17/h2-13H,14-15,25H2,1H3. The Labute approximate surface area is 177 Å². The summed E-state index contributed by atoms with van der Waals surface area (Å²) >= 11 is 0. The second kappa shape index (κ2) is 8.41. The lowest BCUT2D eigenvalue weighted by Crippen LogP contribution is -2.39. The average Bonchev–Trinajstić information content (AvgIpc) is 2.81. The van der Waals surface area contributed by atoms with Gasteiger partial charge in [-0.1, -0.05) is 42.5 Å². The van der Waals surface area contributed by atoms with Crippen LogP contribution in [0.5, 0.6) is 5.75 Å². The summed E-state index contributed by atoms with van der Waals surface area (Å²) in [6.07, 6.45) is 0. The van der Waals surface area contributed by atoms with Gasteiger partial charge in [0.05, 0.1) is 23.0 Å². The van der Waals surface area contributed by atoms with Gasteiger partial charge < -0.3 is 10.5 Å². The molecule has 7 nitrogen and oxygen atoms in total. The fraction of sp³-hybridized carbons (Fsp3) is 0.125. The highest BCUT2D eigenvalue weighted by atomic mass is 16.5. The van der Waals surface area contributed by atoms with E-state index in [1.165, 1.54) is 15.2 Å². The van der Waals surface area contributed by atoms with Gasteiger partial charge in [-0.25, -0.2) is 9.59 Å². The molecule has 0 radical (unpaired) electrons. The van der Waals surface area contributed by atoms with Crippen LogP contribution in [0.15, 0.2) is 82.4 Å². The first-order valence-electron chi connectivity index (χ1n) is 9.76. The number of rotatable bonds is 5. The molecule has 0 atom stereocenters. The number of aryl methyl sites for hydroxylation is 1. The topological polar surface area (TPSA) is 96.3 Å². The van der Waals surface area contributed by atoms with Crippen LogP contribution in [-0.2, 0) is 20.1 Å².